The van der Waals surface area contributed by atoms with Crippen LogP contribution in [-0.4, -0.2) is 140 Å². The summed E-state index contributed by atoms with van der Waals surface area (Å²) in [6, 6.07) is -0.931. The van der Waals surface area contributed by atoms with Crippen LogP contribution in [0.5, 0.6) is 0 Å². The molecule has 2 heterocycles. The number of hydrogen-bond acceptors (Lipinski definition) is 13. The Balaban J connectivity index is 1.61. The van der Waals surface area contributed by atoms with Crippen molar-refractivity contribution in [3.05, 3.63) is 60.8 Å². The standard InChI is InChI=1S/C69H125NO13/c1-3-5-7-9-11-13-15-17-19-20-21-22-23-24-25-26-27-28-29-30-31-32-33-34-35-36-37-38-39-41-43-45-47-49-51-53-61(74)70-57(58(73)52-50-48-46-44-42-40-18-16-14-12-10-8-6-4-2)56-80-68-66(79)64(77)67(60(55-72)82-68)83-69-65(78)63(76)62(75)59(54-71)81-69/h15,17,20-21,23-24,42,44,50,52,57-60,62-69,71-73,75-79H,3-14,16,18-19,22,25-41,43,45-49,51,53-56H2,1-2H3,(H,70,74)/b17-15-,21-20-,24-23-,44-42+,52-50+. The number of amides is 1. The first-order valence-electron chi connectivity index (χ1n) is 34.0. The lowest BCUT2D eigenvalue weighted by molar-refractivity contribution is -0.359. The fourth-order valence-corrected chi connectivity index (χ4v) is 11.0. The highest BCUT2D eigenvalue weighted by Crippen LogP contribution is 2.30. The molecule has 12 unspecified atom stereocenters. The minimum atomic E-state index is -1.79. The predicted octanol–water partition coefficient (Wildman–Crippen LogP) is 13.3. The summed E-state index contributed by atoms with van der Waals surface area (Å²) in [7, 11) is 0. The number of unbranched alkanes of at least 4 members (excludes halogenated alkanes) is 34. The van der Waals surface area contributed by atoms with Gasteiger partial charge in [-0.1, -0.05) is 261 Å². The summed E-state index contributed by atoms with van der Waals surface area (Å²) >= 11 is 0. The van der Waals surface area contributed by atoms with E-state index in [0.717, 1.165) is 44.9 Å². The zero-order chi connectivity index (χ0) is 60.2. The number of rotatable bonds is 55. The summed E-state index contributed by atoms with van der Waals surface area (Å²) in [4.78, 5) is 13.3. The van der Waals surface area contributed by atoms with E-state index in [-0.39, 0.29) is 18.9 Å². The van der Waals surface area contributed by atoms with E-state index in [2.05, 4.69) is 67.8 Å². The molecule has 0 radical (unpaired) electrons. The highest BCUT2D eigenvalue weighted by atomic mass is 16.7. The summed E-state index contributed by atoms with van der Waals surface area (Å²) in [6.07, 6.45) is 54.4. The van der Waals surface area contributed by atoms with Crippen LogP contribution in [-0.2, 0) is 23.7 Å². The van der Waals surface area contributed by atoms with Gasteiger partial charge in [0.25, 0.3) is 0 Å². The number of nitrogens with one attached hydrogen (secondary N) is 1. The molecular formula is C69H125NO13. The van der Waals surface area contributed by atoms with Gasteiger partial charge in [0, 0.05) is 6.42 Å². The van der Waals surface area contributed by atoms with Crippen molar-refractivity contribution < 1.29 is 64.6 Å². The van der Waals surface area contributed by atoms with Crippen LogP contribution in [0.15, 0.2) is 60.8 Å². The van der Waals surface area contributed by atoms with Crippen molar-refractivity contribution in [1.82, 2.24) is 5.32 Å². The zero-order valence-corrected chi connectivity index (χ0v) is 52.4. The summed E-state index contributed by atoms with van der Waals surface area (Å²) < 4.78 is 22.8. The lowest BCUT2D eigenvalue weighted by atomic mass is 9.97. The second-order valence-electron chi connectivity index (χ2n) is 23.9. The number of allylic oxidation sites excluding steroid dienone is 9. The first kappa shape index (κ1) is 76.8. The van der Waals surface area contributed by atoms with Crippen molar-refractivity contribution in [2.75, 3.05) is 19.8 Å². The quantitative estimate of drug-likeness (QED) is 0.0204. The molecule has 83 heavy (non-hydrogen) atoms. The molecule has 2 rings (SSSR count). The fourth-order valence-electron chi connectivity index (χ4n) is 11.0. The lowest BCUT2D eigenvalue weighted by Crippen LogP contribution is -2.65. The normalized spacial score (nSPS) is 24.2. The molecule has 0 aromatic heterocycles. The molecule has 0 aromatic carbocycles. The maximum Gasteiger partial charge on any atom is 0.220 e. The number of carbonyl (C=O) groups is 1. The van der Waals surface area contributed by atoms with Crippen molar-refractivity contribution in [2.45, 2.75) is 351 Å². The van der Waals surface area contributed by atoms with Gasteiger partial charge in [0.05, 0.1) is 32.0 Å². The molecule has 9 N–H and O–H groups in total. The van der Waals surface area contributed by atoms with Crippen LogP contribution in [0.3, 0.4) is 0 Å². The third-order valence-electron chi connectivity index (χ3n) is 16.4. The molecule has 2 saturated heterocycles. The molecule has 484 valence electrons. The monoisotopic (exact) mass is 1180 g/mol. The summed E-state index contributed by atoms with van der Waals surface area (Å²) in [6.45, 7) is 2.77. The van der Waals surface area contributed by atoms with Gasteiger partial charge >= 0.3 is 0 Å². The third kappa shape index (κ3) is 38.6. The van der Waals surface area contributed by atoms with Crippen LogP contribution < -0.4 is 5.32 Å². The highest BCUT2D eigenvalue weighted by molar-refractivity contribution is 5.76. The summed E-state index contributed by atoms with van der Waals surface area (Å²) in [5.41, 5.74) is 0. The van der Waals surface area contributed by atoms with Gasteiger partial charge in [-0.3, -0.25) is 4.79 Å². The van der Waals surface area contributed by atoms with E-state index < -0.39 is 86.8 Å². The number of hydrogen-bond donors (Lipinski definition) is 9. The molecule has 0 aliphatic carbocycles. The number of ether oxygens (including phenoxy) is 4. The number of aliphatic hydroxyl groups is 8. The topological polar surface area (TPSA) is 228 Å². The second-order valence-corrected chi connectivity index (χ2v) is 23.9. The van der Waals surface area contributed by atoms with Crippen LogP contribution in [0.25, 0.3) is 0 Å². The van der Waals surface area contributed by atoms with Crippen molar-refractivity contribution in [3.63, 3.8) is 0 Å². The molecular weight excluding hydrogens is 1050 g/mol. The molecule has 0 spiro atoms. The zero-order valence-electron chi connectivity index (χ0n) is 52.4. The van der Waals surface area contributed by atoms with Crippen molar-refractivity contribution in [2.24, 2.45) is 0 Å². The molecule has 14 nitrogen and oxygen atoms in total. The fraction of sp³-hybridized carbons (Fsp3) is 0.841. The second kappa shape index (κ2) is 53.9. The molecule has 0 saturated carbocycles. The number of carbonyl (C=O) groups excluding carboxylic acids is 1. The van der Waals surface area contributed by atoms with E-state index in [1.165, 1.54) is 199 Å². The van der Waals surface area contributed by atoms with Crippen molar-refractivity contribution >= 4 is 5.91 Å². The van der Waals surface area contributed by atoms with Gasteiger partial charge in [-0.2, -0.15) is 0 Å². The molecule has 2 fully saturated rings. The maximum atomic E-state index is 13.3. The van der Waals surface area contributed by atoms with Crippen LogP contribution in [0.4, 0.5) is 0 Å². The van der Waals surface area contributed by atoms with Gasteiger partial charge in [-0.15, -0.1) is 0 Å². The maximum absolute atomic E-state index is 13.3. The van der Waals surface area contributed by atoms with Gasteiger partial charge in [0.2, 0.25) is 5.91 Å². The van der Waals surface area contributed by atoms with Crippen molar-refractivity contribution in [1.29, 1.82) is 0 Å². The van der Waals surface area contributed by atoms with E-state index in [9.17, 15) is 45.6 Å². The Morgan fingerprint density at radius 1 is 0.434 bits per heavy atom. The Hall–Kier alpha value is -2.31. The molecule has 2 aliphatic rings. The lowest BCUT2D eigenvalue weighted by Gasteiger charge is -2.46. The van der Waals surface area contributed by atoms with Crippen LogP contribution in [0.2, 0.25) is 0 Å². The Bertz CT molecular complexity index is 1620. The Morgan fingerprint density at radius 2 is 0.807 bits per heavy atom. The van der Waals surface area contributed by atoms with Crippen molar-refractivity contribution in [3.8, 4) is 0 Å². The summed E-state index contributed by atoms with van der Waals surface area (Å²) in [5.74, 6) is -0.247. The minimum absolute atomic E-state index is 0.247. The minimum Gasteiger partial charge on any atom is -0.394 e. The van der Waals surface area contributed by atoms with Gasteiger partial charge in [0.15, 0.2) is 12.6 Å². The summed E-state index contributed by atoms with van der Waals surface area (Å²) in [5, 5.41) is 87.2. The average Bonchev–Trinajstić information content (AvgIpc) is 3.64. The van der Waals surface area contributed by atoms with Gasteiger partial charge < -0.3 is 65.1 Å². The van der Waals surface area contributed by atoms with Gasteiger partial charge in [-0.05, 0) is 70.6 Å². The number of aliphatic hydroxyl groups excluding tert-OH is 8. The van der Waals surface area contributed by atoms with E-state index >= 15 is 0 Å². The Kier molecular flexibility index (Phi) is 49.9. The van der Waals surface area contributed by atoms with E-state index in [0.29, 0.717) is 12.8 Å². The first-order valence-corrected chi connectivity index (χ1v) is 34.0. The SMILES string of the molecule is CCCCCCC/C=C\C/C=C\C/C=C\CCCCCCCCCCCCCCCCCCCCCCC(=O)NC(COC1OC(CO)C(OC2OC(CO)C(O)C(O)C2O)C(O)C1O)C(O)/C=C/CC/C=C/CCCCCCCCCC. The molecule has 1 amide bonds. The average molecular weight is 1180 g/mol. The molecule has 2 aliphatic heterocycles. The van der Waals surface area contributed by atoms with E-state index in [1.807, 2.05) is 6.08 Å². The van der Waals surface area contributed by atoms with E-state index in [4.69, 9.17) is 18.9 Å². The molecule has 14 heteroatoms. The van der Waals surface area contributed by atoms with Gasteiger partial charge in [-0.25, -0.2) is 0 Å². The smallest absolute Gasteiger partial charge is 0.220 e. The highest BCUT2D eigenvalue weighted by Gasteiger charge is 2.51. The van der Waals surface area contributed by atoms with Crippen LogP contribution in [0.1, 0.15) is 277 Å². The van der Waals surface area contributed by atoms with E-state index in [1.54, 1.807) is 6.08 Å². The predicted molar refractivity (Wildman–Crippen MR) is 337 cm³/mol. The first-order chi connectivity index (χ1) is 40.6. The van der Waals surface area contributed by atoms with Crippen LogP contribution in [0, 0.1) is 0 Å². The molecule has 12 atom stereocenters. The molecule has 0 aromatic rings. The van der Waals surface area contributed by atoms with Gasteiger partial charge in [0.1, 0.15) is 48.8 Å². The third-order valence-corrected chi connectivity index (χ3v) is 16.4. The largest absolute Gasteiger partial charge is 0.394 e. The van der Waals surface area contributed by atoms with Crippen LogP contribution >= 0.6 is 0 Å². The Labute approximate surface area is 505 Å². The molecule has 0 bridgehead atoms. The Morgan fingerprint density at radius 3 is 1.27 bits per heavy atom.